The van der Waals surface area contributed by atoms with Crippen molar-refractivity contribution in [2.45, 2.75) is 67.6 Å². The number of hydrogen-bond donors (Lipinski definition) is 6. The minimum absolute atomic E-state index is 0.0112. The van der Waals surface area contributed by atoms with Crippen molar-refractivity contribution in [3.05, 3.63) is 64.9 Å². The average molecular weight is 569 g/mol. The molecule has 0 aliphatic carbocycles. The molecule has 4 heterocycles. The third kappa shape index (κ3) is 5.94. The highest BCUT2D eigenvalue weighted by atomic mass is 35.5. The largest absolute Gasteiger partial charge is 0.394 e. The van der Waals surface area contributed by atoms with Gasteiger partial charge in [0.05, 0.1) is 18.8 Å². The Bertz CT molecular complexity index is 1110. The molecule has 11 atom stereocenters. The van der Waals surface area contributed by atoms with Crippen molar-refractivity contribution in [2.75, 3.05) is 13.2 Å². The molecule has 0 radical (unpaired) electrons. The van der Waals surface area contributed by atoms with Crippen LogP contribution in [0.25, 0.3) is 0 Å². The van der Waals surface area contributed by atoms with Crippen LogP contribution in [-0.2, 0) is 23.7 Å². The number of aliphatic hydroxyl groups excluding tert-OH is 5. The fourth-order valence-corrected chi connectivity index (χ4v) is 4.83. The van der Waals surface area contributed by atoms with Crippen LogP contribution in [0.15, 0.2) is 48.7 Å². The number of fused-ring (bicyclic) bond motifs is 1. The molecule has 5 rings (SSSR count). The monoisotopic (exact) mass is 568 g/mol. The smallest absolute Gasteiger partial charge is 0.254 e. The molecule has 39 heavy (non-hydrogen) atoms. The first kappa shape index (κ1) is 28.3. The lowest BCUT2D eigenvalue weighted by atomic mass is 9.96. The number of halogens is 1. The Hall–Kier alpha value is -2.27. The van der Waals surface area contributed by atoms with E-state index in [0.717, 1.165) is 5.56 Å². The molecule has 1 aromatic heterocycles. The van der Waals surface area contributed by atoms with E-state index in [2.05, 4.69) is 10.3 Å². The van der Waals surface area contributed by atoms with E-state index in [4.69, 9.17) is 35.3 Å². The maximum absolute atomic E-state index is 12.5. The average Bonchev–Trinajstić information content (AvgIpc) is 2.96. The molecule has 3 fully saturated rings. The lowest BCUT2D eigenvalue weighted by molar-refractivity contribution is -0.379. The predicted octanol–water partition coefficient (Wildman–Crippen LogP) is -1.15. The van der Waals surface area contributed by atoms with Crippen molar-refractivity contribution in [1.82, 2.24) is 10.3 Å². The van der Waals surface area contributed by atoms with E-state index in [9.17, 15) is 30.3 Å². The van der Waals surface area contributed by atoms with E-state index in [0.29, 0.717) is 0 Å². The quantitative estimate of drug-likeness (QED) is 0.230. The van der Waals surface area contributed by atoms with Gasteiger partial charge in [0.1, 0.15) is 54.0 Å². The van der Waals surface area contributed by atoms with Crippen molar-refractivity contribution in [3.8, 4) is 0 Å². The Morgan fingerprint density at radius 3 is 2.46 bits per heavy atom. The van der Waals surface area contributed by atoms with Gasteiger partial charge in [-0.1, -0.05) is 41.9 Å². The Balaban J connectivity index is 1.23. The van der Waals surface area contributed by atoms with Crippen LogP contribution in [0, 0.1) is 0 Å². The predicted molar refractivity (Wildman–Crippen MR) is 130 cm³/mol. The number of nitrogens with one attached hydrogen (secondary N) is 1. The summed E-state index contributed by atoms with van der Waals surface area (Å²) in [6, 6.07) is 11.9. The minimum Gasteiger partial charge on any atom is -0.394 e. The van der Waals surface area contributed by atoms with Gasteiger partial charge >= 0.3 is 0 Å². The molecule has 3 aliphatic rings. The Kier molecular flexibility index (Phi) is 8.75. The highest BCUT2D eigenvalue weighted by molar-refractivity contribution is 6.29. The van der Waals surface area contributed by atoms with Crippen LogP contribution in [0.3, 0.4) is 0 Å². The zero-order valence-corrected chi connectivity index (χ0v) is 21.2. The van der Waals surface area contributed by atoms with Gasteiger partial charge in [0, 0.05) is 11.8 Å². The van der Waals surface area contributed by atoms with E-state index in [1.165, 1.54) is 18.3 Å². The molecule has 1 amide bonds. The summed E-state index contributed by atoms with van der Waals surface area (Å²) in [6.45, 7) is -0.664. The molecule has 3 aliphatic heterocycles. The molecule has 0 spiro atoms. The second kappa shape index (κ2) is 12.1. The maximum Gasteiger partial charge on any atom is 0.254 e. The Labute approximate surface area is 227 Å². The zero-order valence-electron chi connectivity index (χ0n) is 20.4. The molecule has 212 valence electrons. The number of ether oxygens (including phenoxy) is 5. The number of aromatic nitrogens is 1. The standard InChI is InChI=1S/C25H29ClN2O11/c26-15-7-6-12(8-27-15)22(34)28-23-18(32)16(30)20(13(9-29)36-23)39-25-19(33)17(31)21-14(37-25)10-35-24(38-21)11-4-2-1-3-5-11/h1-8,13-14,16-21,23-25,29-33H,9-10H2,(H,28,34)/t13-,14-,16-,17-,18-,19-,20-,21-,23-,24?,25+/m1/s1. The summed E-state index contributed by atoms with van der Waals surface area (Å²) >= 11 is 5.73. The SMILES string of the molecule is O=C(N[C@@H]1O[C@H](CO)[C@@H](O[C@@H]2O[C@@H]3COC(c4ccccc4)O[C@H]3[C@H](O)[C@H]2O)[C@H](O)[C@H]1O)c1ccc(Cl)nc1. The second-order valence-corrected chi connectivity index (χ2v) is 9.79. The van der Waals surface area contributed by atoms with E-state index in [-0.39, 0.29) is 17.3 Å². The van der Waals surface area contributed by atoms with Crippen LogP contribution >= 0.6 is 11.6 Å². The van der Waals surface area contributed by atoms with Gasteiger partial charge in [-0.2, -0.15) is 0 Å². The molecular weight excluding hydrogens is 540 g/mol. The Morgan fingerprint density at radius 2 is 1.77 bits per heavy atom. The molecule has 14 heteroatoms. The summed E-state index contributed by atoms with van der Waals surface area (Å²) in [5.74, 6) is -0.669. The molecule has 0 bridgehead atoms. The van der Waals surface area contributed by atoms with Gasteiger partial charge in [0.15, 0.2) is 18.8 Å². The number of aliphatic hydroxyl groups is 5. The van der Waals surface area contributed by atoms with Gasteiger partial charge in [-0.25, -0.2) is 4.98 Å². The van der Waals surface area contributed by atoms with Crippen LogP contribution in [0.2, 0.25) is 5.15 Å². The number of hydrogen-bond acceptors (Lipinski definition) is 12. The Morgan fingerprint density at radius 1 is 1.00 bits per heavy atom. The zero-order chi connectivity index (χ0) is 27.7. The summed E-state index contributed by atoms with van der Waals surface area (Å²) in [5, 5.41) is 55.5. The second-order valence-electron chi connectivity index (χ2n) is 9.40. The molecule has 0 saturated carbocycles. The van der Waals surface area contributed by atoms with Crippen LogP contribution < -0.4 is 5.32 Å². The van der Waals surface area contributed by atoms with E-state index in [1.54, 1.807) is 12.1 Å². The topological polar surface area (TPSA) is 189 Å². The van der Waals surface area contributed by atoms with Crippen LogP contribution in [-0.4, -0.2) is 111 Å². The molecule has 6 N–H and O–H groups in total. The van der Waals surface area contributed by atoms with Crippen LogP contribution in [0.4, 0.5) is 0 Å². The normalized spacial score (nSPS) is 38.6. The summed E-state index contributed by atoms with van der Waals surface area (Å²) in [5.41, 5.74) is 0.851. The van der Waals surface area contributed by atoms with Gasteiger partial charge < -0.3 is 54.5 Å². The van der Waals surface area contributed by atoms with Crippen molar-refractivity contribution in [1.29, 1.82) is 0 Å². The number of nitrogens with zero attached hydrogens (tertiary/aromatic N) is 1. The molecule has 2 aromatic rings. The number of carbonyl (C=O) groups excluding carboxylic acids is 1. The number of pyridine rings is 1. The van der Waals surface area contributed by atoms with Gasteiger partial charge in [0.2, 0.25) is 0 Å². The van der Waals surface area contributed by atoms with Gasteiger partial charge in [-0.3, -0.25) is 4.79 Å². The molecule has 3 saturated heterocycles. The summed E-state index contributed by atoms with van der Waals surface area (Å²) < 4.78 is 28.7. The van der Waals surface area contributed by atoms with Gasteiger partial charge in [0.25, 0.3) is 5.91 Å². The van der Waals surface area contributed by atoms with E-state index < -0.39 is 80.2 Å². The van der Waals surface area contributed by atoms with E-state index in [1.807, 2.05) is 18.2 Å². The van der Waals surface area contributed by atoms with E-state index >= 15 is 0 Å². The van der Waals surface area contributed by atoms with Crippen LogP contribution in [0.5, 0.6) is 0 Å². The number of rotatable bonds is 6. The molecule has 1 unspecified atom stereocenters. The van der Waals surface area contributed by atoms with Crippen LogP contribution in [0.1, 0.15) is 22.2 Å². The third-order valence-electron chi connectivity index (χ3n) is 6.82. The van der Waals surface area contributed by atoms with Gasteiger partial charge in [-0.05, 0) is 12.1 Å². The first-order valence-electron chi connectivity index (χ1n) is 12.3. The lowest BCUT2D eigenvalue weighted by Gasteiger charge is -2.48. The highest BCUT2D eigenvalue weighted by Gasteiger charge is 2.53. The summed E-state index contributed by atoms with van der Waals surface area (Å²) in [4.78, 5) is 16.3. The fraction of sp³-hybridized carbons (Fsp3) is 0.520. The highest BCUT2D eigenvalue weighted by Crippen LogP contribution is 2.35. The van der Waals surface area contributed by atoms with Crippen molar-refractivity contribution >= 4 is 17.5 Å². The first-order chi connectivity index (χ1) is 18.8. The lowest BCUT2D eigenvalue weighted by Crippen LogP contribution is -2.67. The third-order valence-corrected chi connectivity index (χ3v) is 7.05. The minimum atomic E-state index is -1.69. The molecule has 13 nitrogen and oxygen atoms in total. The molecule has 1 aromatic carbocycles. The van der Waals surface area contributed by atoms with Crippen molar-refractivity contribution in [3.63, 3.8) is 0 Å². The fourth-order valence-electron chi connectivity index (χ4n) is 4.72. The summed E-state index contributed by atoms with van der Waals surface area (Å²) in [6.07, 6.45) is -13.3. The first-order valence-corrected chi connectivity index (χ1v) is 12.7. The van der Waals surface area contributed by atoms with Crippen molar-refractivity contribution < 1.29 is 54.0 Å². The summed E-state index contributed by atoms with van der Waals surface area (Å²) in [7, 11) is 0. The number of amides is 1. The van der Waals surface area contributed by atoms with Crippen molar-refractivity contribution in [2.24, 2.45) is 0 Å². The molecular formula is C25H29ClN2O11. The maximum atomic E-state index is 12.5. The van der Waals surface area contributed by atoms with Gasteiger partial charge in [-0.15, -0.1) is 0 Å². The number of benzene rings is 1. The number of carbonyl (C=O) groups is 1.